The first-order valence-electron chi connectivity index (χ1n) is 5.57. The summed E-state index contributed by atoms with van der Waals surface area (Å²) in [5, 5.41) is 3.00. The molecular formula is C12H18FN3O. The molecule has 0 fully saturated rings. The first-order valence-corrected chi connectivity index (χ1v) is 5.57. The van der Waals surface area contributed by atoms with Crippen LogP contribution in [0.3, 0.4) is 0 Å². The van der Waals surface area contributed by atoms with E-state index in [1.165, 1.54) is 23.3 Å². The van der Waals surface area contributed by atoms with Gasteiger partial charge in [0.25, 0.3) is 5.91 Å². The molecule has 0 spiro atoms. The summed E-state index contributed by atoms with van der Waals surface area (Å²) in [7, 11) is 3.50. The number of hydrogen-bond acceptors (Lipinski definition) is 3. The molecule has 1 N–H and O–H groups in total. The van der Waals surface area contributed by atoms with E-state index in [0.717, 1.165) is 6.42 Å². The number of rotatable bonds is 5. The summed E-state index contributed by atoms with van der Waals surface area (Å²) in [6.07, 6.45) is 0.904. The molecule has 17 heavy (non-hydrogen) atoms. The van der Waals surface area contributed by atoms with E-state index in [4.69, 9.17) is 0 Å². The van der Waals surface area contributed by atoms with Gasteiger partial charge in [-0.25, -0.2) is 19.9 Å². The third-order valence-corrected chi connectivity index (χ3v) is 2.18. The Kier molecular flexibility index (Phi) is 5.06. The third-order valence-electron chi connectivity index (χ3n) is 2.18. The minimum Gasteiger partial charge on any atom is -0.266 e. The summed E-state index contributed by atoms with van der Waals surface area (Å²) < 4.78 is 13.0. The van der Waals surface area contributed by atoms with Crippen molar-refractivity contribution in [3.05, 3.63) is 35.6 Å². The lowest BCUT2D eigenvalue weighted by Crippen LogP contribution is -2.51. The topological polar surface area (TPSA) is 35.6 Å². The number of amides is 1. The van der Waals surface area contributed by atoms with E-state index in [1.807, 2.05) is 6.92 Å². The van der Waals surface area contributed by atoms with E-state index >= 15 is 0 Å². The van der Waals surface area contributed by atoms with Crippen molar-refractivity contribution < 1.29 is 9.18 Å². The number of hydrazine groups is 2. The second-order valence-electron chi connectivity index (χ2n) is 3.88. The van der Waals surface area contributed by atoms with Crippen molar-refractivity contribution >= 4 is 5.91 Å². The fourth-order valence-electron chi connectivity index (χ4n) is 1.36. The van der Waals surface area contributed by atoms with Gasteiger partial charge in [0.05, 0.1) is 0 Å². The van der Waals surface area contributed by atoms with Crippen LogP contribution in [0.25, 0.3) is 0 Å². The SMILES string of the molecule is CCCNN(C(=O)c1cccc(F)c1)N(C)C. The molecule has 0 radical (unpaired) electrons. The van der Waals surface area contributed by atoms with Gasteiger partial charge in [0.1, 0.15) is 5.82 Å². The molecule has 1 aromatic carbocycles. The zero-order chi connectivity index (χ0) is 12.8. The lowest BCUT2D eigenvalue weighted by molar-refractivity contribution is -0.0108. The third kappa shape index (κ3) is 3.80. The molecule has 5 heteroatoms. The summed E-state index contributed by atoms with van der Waals surface area (Å²) in [5.41, 5.74) is 3.30. The Hall–Kier alpha value is -1.46. The van der Waals surface area contributed by atoms with Crippen molar-refractivity contribution in [3.8, 4) is 0 Å². The molecule has 0 heterocycles. The second-order valence-corrected chi connectivity index (χ2v) is 3.88. The van der Waals surface area contributed by atoms with Gasteiger partial charge in [0, 0.05) is 26.2 Å². The van der Waals surface area contributed by atoms with E-state index in [1.54, 1.807) is 25.2 Å². The minimum atomic E-state index is -0.412. The molecule has 0 bridgehead atoms. The molecule has 0 aliphatic carbocycles. The van der Waals surface area contributed by atoms with Crippen LogP contribution in [-0.2, 0) is 0 Å². The lowest BCUT2D eigenvalue weighted by Gasteiger charge is -2.29. The molecule has 0 aliphatic rings. The van der Waals surface area contributed by atoms with Crippen LogP contribution in [-0.4, -0.2) is 36.7 Å². The summed E-state index contributed by atoms with van der Waals surface area (Å²) in [6, 6.07) is 5.66. The van der Waals surface area contributed by atoms with Gasteiger partial charge in [0.15, 0.2) is 0 Å². The molecule has 1 aromatic rings. The molecule has 0 saturated heterocycles. The Morgan fingerprint density at radius 1 is 1.41 bits per heavy atom. The van der Waals surface area contributed by atoms with Crippen molar-refractivity contribution in [2.75, 3.05) is 20.6 Å². The van der Waals surface area contributed by atoms with Crippen LogP contribution in [0.4, 0.5) is 4.39 Å². The Labute approximate surface area is 101 Å². The number of nitrogens with one attached hydrogen (secondary N) is 1. The predicted octanol–water partition coefficient (Wildman–Crippen LogP) is 1.66. The van der Waals surface area contributed by atoms with Crippen molar-refractivity contribution in [1.82, 2.24) is 15.6 Å². The van der Waals surface area contributed by atoms with Crippen LogP contribution in [0.15, 0.2) is 24.3 Å². The number of hydrogen-bond donors (Lipinski definition) is 1. The summed E-state index contributed by atoms with van der Waals surface area (Å²) >= 11 is 0. The molecule has 1 rings (SSSR count). The van der Waals surface area contributed by atoms with Gasteiger partial charge in [-0.3, -0.25) is 4.79 Å². The Balaban J connectivity index is 2.84. The van der Waals surface area contributed by atoms with Crippen LogP contribution >= 0.6 is 0 Å². The maximum Gasteiger partial charge on any atom is 0.283 e. The number of carbonyl (C=O) groups is 1. The van der Waals surface area contributed by atoms with Gasteiger partial charge in [-0.1, -0.05) is 13.0 Å². The highest BCUT2D eigenvalue weighted by molar-refractivity contribution is 5.93. The molecule has 0 unspecified atom stereocenters. The largest absolute Gasteiger partial charge is 0.283 e. The zero-order valence-electron chi connectivity index (χ0n) is 10.4. The van der Waals surface area contributed by atoms with Gasteiger partial charge in [-0.05, 0) is 24.6 Å². The van der Waals surface area contributed by atoms with Crippen LogP contribution < -0.4 is 5.43 Å². The van der Waals surface area contributed by atoms with Gasteiger partial charge in [-0.2, -0.15) is 0 Å². The minimum absolute atomic E-state index is 0.275. The molecular weight excluding hydrogens is 221 g/mol. The molecule has 0 saturated carbocycles. The van der Waals surface area contributed by atoms with Gasteiger partial charge in [-0.15, -0.1) is 0 Å². The average molecular weight is 239 g/mol. The average Bonchev–Trinajstić information content (AvgIpc) is 2.29. The van der Waals surface area contributed by atoms with Crippen molar-refractivity contribution in [3.63, 3.8) is 0 Å². The van der Waals surface area contributed by atoms with Crippen molar-refractivity contribution in [2.24, 2.45) is 0 Å². The molecule has 1 amide bonds. The van der Waals surface area contributed by atoms with Crippen LogP contribution in [0.2, 0.25) is 0 Å². The summed E-state index contributed by atoms with van der Waals surface area (Å²) in [5.74, 6) is -0.687. The molecule has 4 nitrogen and oxygen atoms in total. The lowest BCUT2D eigenvalue weighted by atomic mass is 10.2. The van der Waals surface area contributed by atoms with E-state index in [0.29, 0.717) is 12.1 Å². The molecule has 94 valence electrons. The Bertz CT molecular complexity index is 382. The van der Waals surface area contributed by atoms with E-state index in [9.17, 15) is 9.18 Å². The maximum absolute atomic E-state index is 13.0. The zero-order valence-corrected chi connectivity index (χ0v) is 10.4. The summed E-state index contributed by atoms with van der Waals surface area (Å²) in [4.78, 5) is 12.1. The highest BCUT2D eigenvalue weighted by atomic mass is 19.1. The normalized spacial score (nSPS) is 10.6. The summed E-state index contributed by atoms with van der Waals surface area (Å²) in [6.45, 7) is 2.69. The highest BCUT2D eigenvalue weighted by Gasteiger charge is 2.17. The van der Waals surface area contributed by atoms with Crippen LogP contribution in [0.5, 0.6) is 0 Å². The Morgan fingerprint density at radius 2 is 2.12 bits per heavy atom. The first kappa shape index (κ1) is 13.6. The van der Waals surface area contributed by atoms with E-state index < -0.39 is 5.82 Å². The van der Waals surface area contributed by atoms with E-state index in [-0.39, 0.29) is 5.91 Å². The van der Waals surface area contributed by atoms with E-state index in [2.05, 4.69) is 5.43 Å². The predicted molar refractivity (Wildman–Crippen MR) is 64.6 cm³/mol. The maximum atomic E-state index is 13.0. The molecule has 0 aliphatic heterocycles. The van der Waals surface area contributed by atoms with Gasteiger partial charge < -0.3 is 0 Å². The van der Waals surface area contributed by atoms with Crippen LogP contribution in [0.1, 0.15) is 23.7 Å². The highest BCUT2D eigenvalue weighted by Crippen LogP contribution is 2.07. The molecule has 0 aromatic heterocycles. The molecule has 0 atom stereocenters. The van der Waals surface area contributed by atoms with Gasteiger partial charge >= 0.3 is 0 Å². The second kappa shape index (κ2) is 6.32. The fraction of sp³-hybridized carbons (Fsp3) is 0.417. The smallest absolute Gasteiger partial charge is 0.266 e. The number of carbonyl (C=O) groups excluding carboxylic acids is 1. The van der Waals surface area contributed by atoms with Gasteiger partial charge in [0.2, 0.25) is 0 Å². The van der Waals surface area contributed by atoms with Crippen molar-refractivity contribution in [2.45, 2.75) is 13.3 Å². The quantitative estimate of drug-likeness (QED) is 0.794. The van der Waals surface area contributed by atoms with Crippen LogP contribution in [0, 0.1) is 5.82 Å². The number of halogens is 1. The van der Waals surface area contributed by atoms with Crippen molar-refractivity contribution in [1.29, 1.82) is 0 Å². The Morgan fingerprint density at radius 3 is 2.65 bits per heavy atom. The standard InChI is InChI=1S/C12H18FN3O/c1-4-8-14-16(15(2)3)12(17)10-6-5-7-11(13)9-10/h5-7,9,14H,4,8H2,1-3H3. The number of nitrogens with zero attached hydrogens (tertiary/aromatic N) is 2. The first-order chi connectivity index (χ1) is 8.06. The fourth-order valence-corrected chi connectivity index (χ4v) is 1.36. The monoisotopic (exact) mass is 239 g/mol. The number of benzene rings is 1.